The highest BCUT2D eigenvalue weighted by atomic mass is 32.1. The number of hydrogen-bond donors (Lipinski definition) is 0. The third-order valence-electron chi connectivity index (χ3n) is 3.04. The van der Waals surface area contributed by atoms with E-state index in [1.807, 2.05) is 11.4 Å². The molecule has 0 amide bonds. The molecule has 3 aromatic heterocycles. The quantitative estimate of drug-likeness (QED) is 0.539. The largest absolute Gasteiger partial charge is 0.282 e. The van der Waals surface area contributed by atoms with E-state index in [4.69, 9.17) is 0 Å². The minimum absolute atomic E-state index is 0.382. The van der Waals surface area contributed by atoms with Gasteiger partial charge in [0, 0.05) is 12.1 Å². The second-order valence-corrected chi connectivity index (χ2v) is 5.12. The van der Waals surface area contributed by atoms with Crippen LogP contribution in [0.3, 0.4) is 0 Å². The molecule has 0 bridgehead atoms. The highest BCUT2D eigenvalue weighted by Crippen LogP contribution is 2.27. The molecule has 4 rings (SSSR count). The van der Waals surface area contributed by atoms with Gasteiger partial charge in [-0.3, -0.25) is 4.57 Å². The van der Waals surface area contributed by atoms with Gasteiger partial charge in [-0.1, -0.05) is 0 Å². The van der Waals surface area contributed by atoms with Crippen molar-refractivity contribution in [3.8, 4) is 5.82 Å². The molecule has 0 fully saturated rings. The zero-order valence-electron chi connectivity index (χ0n) is 9.92. The Morgan fingerprint density at radius 1 is 1.00 bits per heavy atom. The predicted octanol–water partition coefficient (Wildman–Crippen LogP) is 3.31. The molecule has 0 saturated carbocycles. The van der Waals surface area contributed by atoms with Gasteiger partial charge in [0.15, 0.2) is 17.5 Å². The van der Waals surface area contributed by atoms with Crippen LogP contribution in [0.25, 0.3) is 27.1 Å². The van der Waals surface area contributed by atoms with E-state index in [0.29, 0.717) is 16.9 Å². The predicted molar refractivity (Wildman–Crippen MR) is 72.0 cm³/mol. The lowest BCUT2D eigenvalue weighted by Crippen LogP contribution is -1.97. The Balaban J connectivity index is 2.07. The number of aromatic nitrogens is 4. The first-order valence-electron chi connectivity index (χ1n) is 5.75. The van der Waals surface area contributed by atoms with Crippen molar-refractivity contribution in [2.45, 2.75) is 0 Å². The van der Waals surface area contributed by atoms with Crippen molar-refractivity contribution in [3.05, 3.63) is 47.9 Å². The maximum absolute atomic E-state index is 13.4. The number of rotatable bonds is 1. The van der Waals surface area contributed by atoms with E-state index < -0.39 is 11.6 Å². The van der Waals surface area contributed by atoms with Crippen LogP contribution in [0, 0.1) is 11.6 Å². The third-order valence-corrected chi connectivity index (χ3v) is 3.94. The molecule has 4 nitrogen and oxygen atoms in total. The summed E-state index contributed by atoms with van der Waals surface area (Å²) in [5.41, 5.74) is 1.66. The summed E-state index contributed by atoms with van der Waals surface area (Å²) in [7, 11) is 0. The molecule has 7 heteroatoms. The number of halogens is 2. The minimum Gasteiger partial charge on any atom is -0.282 e. The van der Waals surface area contributed by atoms with Crippen molar-refractivity contribution in [2.75, 3.05) is 0 Å². The average molecular weight is 288 g/mol. The van der Waals surface area contributed by atoms with Crippen LogP contribution in [-0.2, 0) is 0 Å². The van der Waals surface area contributed by atoms with Crippen LogP contribution in [0.2, 0.25) is 0 Å². The van der Waals surface area contributed by atoms with Crippen molar-refractivity contribution in [1.29, 1.82) is 0 Å². The van der Waals surface area contributed by atoms with Gasteiger partial charge in [0.25, 0.3) is 0 Å². The van der Waals surface area contributed by atoms with Crippen molar-refractivity contribution in [1.82, 2.24) is 19.5 Å². The van der Waals surface area contributed by atoms with Gasteiger partial charge in [-0.05, 0) is 11.4 Å². The number of benzene rings is 1. The van der Waals surface area contributed by atoms with Crippen molar-refractivity contribution < 1.29 is 8.78 Å². The number of nitrogens with zero attached hydrogens (tertiary/aromatic N) is 4. The van der Waals surface area contributed by atoms with E-state index in [1.54, 1.807) is 4.57 Å². The molecule has 4 aromatic rings. The van der Waals surface area contributed by atoms with E-state index in [1.165, 1.54) is 24.0 Å². The van der Waals surface area contributed by atoms with E-state index in [0.717, 1.165) is 22.3 Å². The fourth-order valence-electron chi connectivity index (χ4n) is 2.12. The van der Waals surface area contributed by atoms with Crippen LogP contribution in [-0.4, -0.2) is 19.5 Å². The number of fused-ring (bicyclic) bond motifs is 2. The van der Waals surface area contributed by atoms with E-state index in [9.17, 15) is 8.78 Å². The van der Waals surface area contributed by atoms with Gasteiger partial charge in [0.1, 0.15) is 12.7 Å². The summed E-state index contributed by atoms with van der Waals surface area (Å²) in [5, 5.41) is 1.90. The number of thiophene rings is 1. The molecule has 0 atom stereocenters. The van der Waals surface area contributed by atoms with E-state index in [-0.39, 0.29) is 0 Å². The molecular weight excluding hydrogens is 282 g/mol. The lowest BCUT2D eigenvalue weighted by Gasteiger charge is -2.04. The van der Waals surface area contributed by atoms with Gasteiger partial charge in [-0.25, -0.2) is 23.7 Å². The summed E-state index contributed by atoms with van der Waals surface area (Å²) < 4.78 is 29.2. The van der Waals surface area contributed by atoms with Crippen LogP contribution in [0.1, 0.15) is 0 Å². The Bertz CT molecular complexity index is 944. The van der Waals surface area contributed by atoms with Gasteiger partial charge >= 0.3 is 0 Å². The van der Waals surface area contributed by atoms with Crippen LogP contribution in [0.5, 0.6) is 0 Å². The van der Waals surface area contributed by atoms with E-state index >= 15 is 0 Å². The standard InChI is InChI=1S/C13H6F2N4S/c14-7-3-10-11(4-8(7)15)19(6-18-10)13-12-9(1-2-20-12)16-5-17-13/h1-6H. The molecule has 20 heavy (non-hydrogen) atoms. The Kier molecular flexibility index (Phi) is 2.31. The third kappa shape index (κ3) is 1.53. The topological polar surface area (TPSA) is 43.6 Å². The van der Waals surface area contributed by atoms with Gasteiger partial charge < -0.3 is 0 Å². The van der Waals surface area contributed by atoms with Gasteiger partial charge in [-0.2, -0.15) is 0 Å². The fraction of sp³-hybridized carbons (Fsp3) is 0. The molecule has 1 aromatic carbocycles. The molecule has 0 N–H and O–H groups in total. The minimum atomic E-state index is -0.910. The van der Waals surface area contributed by atoms with Gasteiger partial charge in [-0.15, -0.1) is 11.3 Å². The second kappa shape index (κ2) is 4.04. The maximum atomic E-state index is 13.4. The van der Waals surface area contributed by atoms with Crippen LogP contribution >= 0.6 is 11.3 Å². The molecule has 0 aliphatic heterocycles. The molecule has 3 heterocycles. The van der Waals surface area contributed by atoms with E-state index in [2.05, 4.69) is 15.0 Å². The van der Waals surface area contributed by atoms with Crippen LogP contribution < -0.4 is 0 Å². The van der Waals surface area contributed by atoms with Crippen LogP contribution in [0.4, 0.5) is 8.78 Å². The Hall–Kier alpha value is -2.41. The van der Waals surface area contributed by atoms with Gasteiger partial charge in [0.05, 0.1) is 21.3 Å². The molecule has 0 aliphatic carbocycles. The number of hydrogen-bond acceptors (Lipinski definition) is 4. The van der Waals surface area contributed by atoms with Crippen LogP contribution in [0.15, 0.2) is 36.2 Å². The fourth-order valence-corrected chi connectivity index (χ4v) is 2.95. The second-order valence-electron chi connectivity index (χ2n) is 4.20. The lowest BCUT2D eigenvalue weighted by molar-refractivity contribution is 0.510. The molecular formula is C13H6F2N4S. The normalized spacial score (nSPS) is 11.5. The highest BCUT2D eigenvalue weighted by Gasteiger charge is 2.13. The van der Waals surface area contributed by atoms with Crippen molar-refractivity contribution in [3.63, 3.8) is 0 Å². The summed E-state index contributed by atoms with van der Waals surface area (Å²) in [4.78, 5) is 12.5. The first-order chi connectivity index (χ1) is 9.74. The SMILES string of the molecule is Fc1cc2ncn(-c3ncnc4ccsc34)c2cc1F. The highest BCUT2D eigenvalue weighted by molar-refractivity contribution is 7.17. The lowest BCUT2D eigenvalue weighted by atomic mass is 10.3. The van der Waals surface area contributed by atoms with Gasteiger partial charge in [0.2, 0.25) is 0 Å². The molecule has 98 valence electrons. The summed E-state index contributed by atoms with van der Waals surface area (Å²) in [6.45, 7) is 0. The Morgan fingerprint density at radius 3 is 2.75 bits per heavy atom. The zero-order chi connectivity index (χ0) is 13.7. The summed E-state index contributed by atoms with van der Waals surface area (Å²) in [5.74, 6) is -1.21. The smallest absolute Gasteiger partial charge is 0.161 e. The summed E-state index contributed by atoms with van der Waals surface area (Å²) >= 11 is 1.49. The Morgan fingerprint density at radius 2 is 1.85 bits per heavy atom. The molecule has 0 radical (unpaired) electrons. The Labute approximate surface area is 115 Å². The zero-order valence-corrected chi connectivity index (χ0v) is 10.7. The first-order valence-corrected chi connectivity index (χ1v) is 6.62. The molecule has 0 saturated heterocycles. The monoisotopic (exact) mass is 288 g/mol. The average Bonchev–Trinajstić information content (AvgIpc) is 3.05. The summed E-state index contributed by atoms with van der Waals surface area (Å²) in [6, 6.07) is 4.08. The summed E-state index contributed by atoms with van der Waals surface area (Å²) in [6.07, 6.45) is 2.95. The maximum Gasteiger partial charge on any atom is 0.161 e. The molecule has 0 aliphatic rings. The molecule has 0 spiro atoms. The van der Waals surface area contributed by atoms with Crippen molar-refractivity contribution in [2.24, 2.45) is 0 Å². The number of imidazole rings is 1. The first kappa shape index (κ1) is 11.4. The van der Waals surface area contributed by atoms with Crippen molar-refractivity contribution >= 4 is 32.6 Å². The molecule has 0 unspecified atom stereocenters.